The number of para-hydroxylation sites is 1. The zero-order chi connectivity index (χ0) is 37.6. The summed E-state index contributed by atoms with van der Waals surface area (Å²) in [5, 5.41) is 7.02. The van der Waals surface area contributed by atoms with E-state index in [1.165, 1.54) is 15.9 Å². The molecule has 0 aliphatic carbocycles. The van der Waals surface area contributed by atoms with Crippen molar-refractivity contribution in [3.8, 4) is 5.75 Å². The Balaban J connectivity index is 1.13. The highest BCUT2D eigenvalue weighted by Crippen LogP contribution is 2.35. The van der Waals surface area contributed by atoms with Crippen LogP contribution >= 0.6 is 23.2 Å². The van der Waals surface area contributed by atoms with Gasteiger partial charge in [0.2, 0.25) is 17.7 Å². The Bertz CT molecular complexity index is 2010. The number of benzene rings is 3. The number of fused-ring (bicyclic) bond motifs is 1. The molecule has 0 spiro atoms. The second-order valence-corrected chi connectivity index (χ2v) is 14.2. The van der Waals surface area contributed by atoms with Gasteiger partial charge in [-0.1, -0.05) is 53.5 Å². The van der Waals surface area contributed by atoms with E-state index in [4.69, 9.17) is 32.7 Å². The third kappa shape index (κ3) is 9.59. The van der Waals surface area contributed by atoms with Crippen molar-refractivity contribution in [2.24, 2.45) is 0 Å². The van der Waals surface area contributed by atoms with Crippen LogP contribution in [0.5, 0.6) is 5.75 Å². The van der Waals surface area contributed by atoms with Gasteiger partial charge in [-0.05, 0) is 88.6 Å². The van der Waals surface area contributed by atoms with Gasteiger partial charge in [-0.25, -0.2) is 9.78 Å². The fourth-order valence-electron chi connectivity index (χ4n) is 5.59. The van der Waals surface area contributed by atoms with E-state index in [1.807, 2.05) is 37.3 Å². The lowest BCUT2D eigenvalue weighted by Gasteiger charge is -2.28. The van der Waals surface area contributed by atoms with Gasteiger partial charge < -0.3 is 25.0 Å². The molecule has 1 aliphatic rings. The summed E-state index contributed by atoms with van der Waals surface area (Å²) in [6.45, 7) is 7.48. The van der Waals surface area contributed by atoms with Crippen molar-refractivity contribution in [1.82, 2.24) is 15.2 Å². The number of halogens is 2. The molecule has 1 saturated heterocycles. The van der Waals surface area contributed by atoms with Crippen LogP contribution in [0.25, 0.3) is 17.0 Å². The van der Waals surface area contributed by atoms with E-state index in [9.17, 15) is 19.2 Å². The van der Waals surface area contributed by atoms with Crippen molar-refractivity contribution in [3.63, 3.8) is 0 Å². The lowest BCUT2D eigenvalue weighted by Crippen LogP contribution is -2.45. The normalized spacial score (nSPS) is 14.4. The second kappa shape index (κ2) is 16.5. The number of likely N-dealkylation sites (tertiary alicyclic amines) is 1. The van der Waals surface area contributed by atoms with Crippen LogP contribution in [0, 0.1) is 6.92 Å². The maximum absolute atomic E-state index is 13.1. The number of anilines is 2. The Morgan fingerprint density at radius 2 is 1.77 bits per heavy atom. The van der Waals surface area contributed by atoms with Crippen LogP contribution in [-0.4, -0.2) is 65.5 Å². The third-order valence-corrected chi connectivity index (χ3v) is 9.07. The molecule has 4 amide bonds. The van der Waals surface area contributed by atoms with Gasteiger partial charge in [-0.3, -0.25) is 19.3 Å². The first-order valence-electron chi connectivity index (χ1n) is 16.8. The molecule has 52 heavy (non-hydrogen) atoms. The number of carbonyl (C=O) groups excluding carboxylic acids is 4. The number of rotatable bonds is 10. The molecule has 0 saturated carbocycles. The molecule has 272 valence electrons. The van der Waals surface area contributed by atoms with Gasteiger partial charge in [0.15, 0.2) is 0 Å². The topological polar surface area (TPSA) is 130 Å². The van der Waals surface area contributed by atoms with Gasteiger partial charge in [-0.15, -0.1) is 0 Å². The predicted molar refractivity (Wildman–Crippen MR) is 204 cm³/mol. The lowest BCUT2D eigenvalue weighted by atomic mass is 10.1. The predicted octanol–water partition coefficient (Wildman–Crippen LogP) is 7.56. The van der Waals surface area contributed by atoms with Crippen molar-refractivity contribution in [2.45, 2.75) is 58.8 Å². The molecule has 5 rings (SSSR count). The van der Waals surface area contributed by atoms with E-state index in [1.54, 1.807) is 70.3 Å². The number of pyridine rings is 1. The number of carbonyl (C=O) groups is 4. The largest absolute Gasteiger partial charge is 0.487 e. The standard InChI is InChI=1S/C39H41Cl2N5O6/c1-24-11-15-26-8-6-10-32(36(26)43-24)51-23-28-29(40)18-19-30(35(28)41)45(5)34(48)22-42-33(47)20-14-25-12-16-27(17-13-25)44-37(49)31-9-7-21-46(31)38(50)52-39(2,3)4/h6,8,10-20,31H,7,9,21-23H2,1-5H3,(H,42,47)(H,44,49)/b20-14+/t31-/m0/s1. The van der Waals surface area contributed by atoms with E-state index >= 15 is 0 Å². The van der Waals surface area contributed by atoms with Crippen LogP contribution in [0.15, 0.2) is 72.8 Å². The Morgan fingerprint density at radius 3 is 2.50 bits per heavy atom. The van der Waals surface area contributed by atoms with E-state index in [0.717, 1.165) is 16.6 Å². The van der Waals surface area contributed by atoms with Gasteiger partial charge in [-0.2, -0.15) is 0 Å². The molecule has 0 radical (unpaired) electrons. The molecule has 2 heterocycles. The first kappa shape index (κ1) is 38.1. The third-order valence-electron chi connectivity index (χ3n) is 8.30. The van der Waals surface area contributed by atoms with Gasteiger partial charge in [0.25, 0.3) is 0 Å². The SMILES string of the molecule is Cc1ccc2cccc(OCc3c(Cl)ccc(N(C)C(=O)CNC(=O)/C=C/c4ccc(NC(=O)[C@@H]5CCCN5C(=O)OC(C)(C)C)cc4)c3Cl)c2n1. The number of aryl methyl sites for hydroxylation is 1. The molecule has 2 N–H and O–H groups in total. The van der Waals surface area contributed by atoms with E-state index in [2.05, 4.69) is 15.6 Å². The summed E-state index contributed by atoms with van der Waals surface area (Å²) < 4.78 is 11.5. The number of ether oxygens (including phenoxy) is 2. The van der Waals surface area contributed by atoms with Gasteiger partial charge >= 0.3 is 6.09 Å². The van der Waals surface area contributed by atoms with Crippen molar-refractivity contribution in [3.05, 3.63) is 99.7 Å². The van der Waals surface area contributed by atoms with Crippen molar-refractivity contribution < 1.29 is 28.7 Å². The maximum atomic E-state index is 13.1. The summed E-state index contributed by atoms with van der Waals surface area (Å²) in [5.74, 6) is -0.593. The minimum Gasteiger partial charge on any atom is -0.487 e. The zero-order valence-corrected chi connectivity index (χ0v) is 31.2. The first-order valence-corrected chi connectivity index (χ1v) is 17.5. The maximum Gasteiger partial charge on any atom is 0.410 e. The zero-order valence-electron chi connectivity index (χ0n) is 29.7. The average molecular weight is 747 g/mol. The highest BCUT2D eigenvalue weighted by atomic mass is 35.5. The Morgan fingerprint density at radius 1 is 1.02 bits per heavy atom. The molecular formula is C39H41Cl2N5O6. The van der Waals surface area contributed by atoms with Crippen LogP contribution in [0.3, 0.4) is 0 Å². The number of aromatic nitrogens is 1. The van der Waals surface area contributed by atoms with E-state index < -0.39 is 29.6 Å². The highest BCUT2D eigenvalue weighted by Gasteiger charge is 2.36. The van der Waals surface area contributed by atoms with E-state index in [0.29, 0.717) is 52.7 Å². The van der Waals surface area contributed by atoms with Crippen LogP contribution < -0.4 is 20.3 Å². The number of nitrogens with one attached hydrogen (secondary N) is 2. The number of likely N-dealkylation sites (N-methyl/N-ethyl adjacent to an activating group) is 1. The summed E-state index contributed by atoms with van der Waals surface area (Å²) >= 11 is 13.2. The molecule has 0 bridgehead atoms. The minimum absolute atomic E-state index is 0.0460. The van der Waals surface area contributed by atoms with Crippen LogP contribution in [0.4, 0.5) is 16.2 Å². The monoisotopic (exact) mass is 745 g/mol. The molecule has 11 nitrogen and oxygen atoms in total. The molecule has 1 atom stereocenters. The number of amides is 4. The molecule has 1 aliphatic heterocycles. The number of nitrogens with zero attached hydrogens (tertiary/aromatic N) is 3. The molecule has 1 fully saturated rings. The Labute approximate surface area is 312 Å². The Kier molecular flexibility index (Phi) is 12.1. The molecule has 3 aromatic carbocycles. The van der Waals surface area contributed by atoms with E-state index in [-0.39, 0.29) is 24.1 Å². The lowest BCUT2D eigenvalue weighted by molar-refractivity contribution is -0.122. The highest BCUT2D eigenvalue weighted by molar-refractivity contribution is 6.38. The van der Waals surface area contributed by atoms with Crippen LogP contribution in [-0.2, 0) is 25.7 Å². The smallest absolute Gasteiger partial charge is 0.410 e. The molecule has 4 aromatic rings. The first-order chi connectivity index (χ1) is 24.7. The second-order valence-electron chi connectivity index (χ2n) is 13.4. The fraction of sp³-hybridized carbons (Fsp3) is 0.308. The number of hydrogen-bond donors (Lipinski definition) is 2. The number of hydrogen-bond acceptors (Lipinski definition) is 7. The average Bonchev–Trinajstić information content (AvgIpc) is 3.60. The van der Waals surface area contributed by atoms with Crippen molar-refractivity contribution in [1.29, 1.82) is 0 Å². The van der Waals surface area contributed by atoms with Gasteiger partial charge in [0.1, 0.15) is 29.5 Å². The summed E-state index contributed by atoms with van der Waals surface area (Å²) in [4.78, 5) is 58.6. The van der Waals surface area contributed by atoms with Crippen molar-refractivity contribution >= 4 is 75.4 Å². The fourth-order valence-corrected chi connectivity index (χ4v) is 6.19. The van der Waals surface area contributed by atoms with Crippen LogP contribution in [0.2, 0.25) is 10.0 Å². The van der Waals surface area contributed by atoms with Crippen molar-refractivity contribution in [2.75, 3.05) is 30.4 Å². The van der Waals surface area contributed by atoms with Gasteiger partial charge in [0.05, 0.1) is 17.3 Å². The molecule has 1 aromatic heterocycles. The Hall–Kier alpha value is -5.13. The molecule has 13 heteroatoms. The molecule has 0 unspecified atom stereocenters. The minimum atomic E-state index is -0.656. The van der Waals surface area contributed by atoms with Gasteiger partial charge in [0, 0.05) is 47.0 Å². The summed E-state index contributed by atoms with van der Waals surface area (Å²) in [6, 6.07) is 19.1. The summed E-state index contributed by atoms with van der Waals surface area (Å²) in [6.07, 6.45) is 3.65. The summed E-state index contributed by atoms with van der Waals surface area (Å²) in [5.41, 5.74) is 3.08. The molecular weight excluding hydrogens is 705 g/mol. The quantitative estimate of drug-likeness (QED) is 0.160. The van der Waals surface area contributed by atoms with Crippen LogP contribution in [0.1, 0.15) is 50.4 Å². The summed E-state index contributed by atoms with van der Waals surface area (Å²) in [7, 11) is 1.56.